The Bertz CT molecular complexity index is 603. The average molecular weight is 327 g/mol. The van der Waals surface area contributed by atoms with Crippen LogP contribution >= 0.6 is 11.6 Å². The van der Waals surface area contributed by atoms with Gasteiger partial charge in [-0.1, -0.05) is 17.7 Å². The fourth-order valence-corrected chi connectivity index (χ4v) is 2.45. The second-order valence-corrected chi connectivity index (χ2v) is 6.28. The van der Waals surface area contributed by atoms with Gasteiger partial charge in [0.2, 0.25) is 0 Å². The van der Waals surface area contributed by atoms with E-state index in [0.29, 0.717) is 10.8 Å². The summed E-state index contributed by atoms with van der Waals surface area (Å²) in [5.41, 5.74) is 0.0530. The summed E-state index contributed by atoms with van der Waals surface area (Å²) in [7, 11) is 0. The number of β-amino-alcohol motifs (C(OH)–C–C–N with tert-alkyl or cyclic N) is 1. The van der Waals surface area contributed by atoms with E-state index in [1.807, 2.05) is 13.0 Å². The fourth-order valence-electron chi connectivity index (χ4n) is 2.16. The van der Waals surface area contributed by atoms with Gasteiger partial charge in [-0.3, -0.25) is 9.69 Å². The van der Waals surface area contributed by atoms with Crippen molar-refractivity contribution in [1.29, 1.82) is 0 Å². The number of aliphatic hydroxyl groups is 1. The molecular weight excluding hydrogens is 308 g/mol. The van der Waals surface area contributed by atoms with Crippen molar-refractivity contribution in [2.45, 2.75) is 32.4 Å². The molecule has 1 atom stereocenters. The van der Waals surface area contributed by atoms with E-state index < -0.39 is 17.7 Å². The molecule has 6 nitrogen and oxygen atoms in total. The molecule has 120 valence electrons. The van der Waals surface area contributed by atoms with Gasteiger partial charge in [0.15, 0.2) is 0 Å². The van der Waals surface area contributed by atoms with Crippen molar-refractivity contribution < 1.29 is 19.4 Å². The monoisotopic (exact) mass is 326 g/mol. The zero-order valence-corrected chi connectivity index (χ0v) is 13.5. The van der Waals surface area contributed by atoms with Crippen LogP contribution in [-0.2, 0) is 4.79 Å². The van der Waals surface area contributed by atoms with Crippen LogP contribution in [0.2, 0.25) is 5.02 Å². The SMILES string of the molecule is Cc1ccc(OC[C@@H](O)CN2C(=O)NC(C)(C)C2=O)c(Cl)c1. The molecule has 1 fully saturated rings. The molecule has 1 aromatic rings. The maximum atomic E-state index is 12.0. The summed E-state index contributed by atoms with van der Waals surface area (Å²) in [6.07, 6.45) is -0.999. The minimum atomic E-state index is -0.999. The zero-order valence-electron chi connectivity index (χ0n) is 12.7. The molecule has 0 unspecified atom stereocenters. The summed E-state index contributed by atoms with van der Waals surface area (Å²) < 4.78 is 5.43. The van der Waals surface area contributed by atoms with E-state index in [1.165, 1.54) is 0 Å². The van der Waals surface area contributed by atoms with E-state index in [-0.39, 0.29) is 19.1 Å². The van der Waals surface area contributed by atoms with Gasteiger partial charge in [-0.05, 0) is 38.5 Å². The number of benzene rings is 1. The van der Waals surface area contributed by atoms with Crippen LogP contribution < -0.4 is 10.1 Å². The first-order valence-electron chi connectivity index (χ1n) is 6.92. The molecule has 2 rings (SSSR count). The maximum absolute atomic E-state index is 12.0. The van der Waals surface area contributed by atoms with Crippen molar-refractivity contribution in [3.8, 4) is 5.75 Å². The van der Waals surface area contributed by atoms with Gasteiger partial charge in [-0.15, -0.1) is 0 Å². The number of aryl methyl sites for hydroxylation is 1. The van der Waals surface area contributed by atoms with Gasteiger partial charge in [0.25, 0.3) is 5.91 Å². The van der Waals surface area contributed by atoms with Crippen LogP contribution in [0.25, 0.3) is 0 Å². The predicted octanol–water partition coefficient (Wildman–Crippen LogP) is 1.72. The molecule has 2 N–H and O–H groups in total. The van der Waals surface area contributed by atoms with Crippen molar-refractivity contribution in [3.63, 3.8) is 0 Å². The van der Waals surface area contributed by atoms with E-state index in [9.17, 15) is 14.7 Å². The van der Waals surface area contributed by atoms with E-state index in [2.05, 4.69) is 5.32 Å². The van der Waals surface area contributed by atoms with Crippen LogP contribution in [0, 0.1) is 6.92 Å². The highest BCUT2D eigenvalue weighted by molar-refractivity contribution is 6.32. The van der Waals surface area contributed by atoms with Gasteiger partial charge < -0.3 is 15.2 Å². The van der Waals surface area contributed by atoms with Gasteiger partial charge in [0, 0.05) is 0 Å². The van der Waals surface area contributed by atoms with Crippen LogP contribution in [0.1, 0.15) is 19.4 Å². The Kier molecular flexibility index (Phi) is 4.63. The van der Waals surface area contributed by atoms with Crippen molar-refractivity contribution >= 4 is 23.5 Å². The molecule has 1 aliphatic rings. The van der Waals surface area contributed by atoms with E-state index in [1.54, 1.807) is 26.0 Å². The molecule has 22 heavy (non-hydrogen) atoms. The number of carbonyl (C=O) groups excluding carboxylic acids is 2. The second-order valence-electron chi connectivity index (χ2n) is 5.87. The first-order valence-corrected chi connectivity index (χ1v) is 7.29. The molecule has 0 spiro atoms. The van der Waals surface area contributed by atoms with Crippen molar-refractivity contribution in [2.75, 3.05) is 13.2 Å². The lowest BCUT2D eigenvalue weighted by molar-refractivity contribution is -0.131. The summed E-state index contributed by atoms with van der Waals surface area (Å²) >= 11 is 6.03. The highest BCUT2D eigenvalue weighted by atomic mass is 35.5. The maximum Gasteiger partial charge on any atom is 0.325 e. The number of nitrogens with one attached hydrogen (secondary N) is 1. The smallest absolute Gasteiger partial charge is 0.325 e. The third-order valence-corrected chi connectivity index (χ3v) is 3.65. The highest BCUT2D eigenvalue weighted by Gasteiger charge is 2.44. The number of urea groups is 1. The fraction of sp³-hybridized carbons (Fsp3) is 0.467. The molecule has 0 radical (unpaired) electrons. The number of ether oxygens (including phenoxy) is 1. The van der Waals surface area contributed by atoms with Crippen molar-refractivity contribution in [3.05, 3.63) is 28.8 Å². The Morgan fingerprint density at radius 3 is 2.64 bits per heavy atom. The van der Waals surface area contributed by atoms with Gasteiger partial charge in [0.1, 0.15) is 24.0 Å². The largest absolute Gasteiger partial charge is 0.489 e. The topological polar surface area (TPSA) is 78.9 Å². The van der Waals surface area contributed by atoms with E-state index >= 15 is 0 Å². The number of nitrogens with zero attached hydrogens (tertiary/aromatic N) is 1. The zero-order chi connectivity index (χ0) is 16.5. The van der Waals surface area contributed by atoms with Crippen LogP contribution in [-0.4, -0.2) is 46.7 Å². The van der Waals surface area contributed by atoms with Gasteiger partial charge in [-0.25, -0.2) is 4.79 Å². The molecule has 1 heterocycles. The average Bonchev–Trinajstić information content (AvgIpc) is 2.60. The Morgan fingerprint density at radius 1 is 1.41 bits per heavy atom. The van der Waals surface area contributed by atoms with Crippen LogP contribution in [0.4, 0.5) is 4.79 Å². The summed E-state index contributed by atoms with van der Waals surface area (Å²) in [6, 6.07) is 4.79. The van der Waals surface area contributed by atoms with E-state index in [4.69, 9.17) is 16.3 Å². The Morgan fingerprint density at radius 2 is 2.09 bits per heavy atom. The quantitative estimate of drug-likeness (QED) is 0.808. The van der Waals surface area contributed by atoms with Gasteiger partial charge in [-0.2, -0.15) is 0 Å². The van der Waals surface area contributed by atoms with Crippen LogP contribution in [0.3, 0.4) is 0 Å². The third kappa shape index (κ3) is 3.51. The summed E-state index contributed by atoms with van der Waals surface area (Å²) in [6.45, 7) is 4.94. The molecule has 0 aromatic heterocycles. The van der Waals surface area contributed by atoms with Gasteiger partial charge >= 0.3 is 6.03 Å². The number of rotatable bonds is 5. The minimum absolute atomic E-state index is 0.0692. The summed E-state index contributed by atoms with van der Waals surface area (Å²) in [5, 5.41) is 13.0. The lowest BCUT2D eigenvalue weighted by Crippen LogP contribution is -2.42. The normalized spacial score (nSPS) is 18.3. The number of imide groups is 1. The molecule has 0 saturated carbocycles. The number of hydrogen-bond donors (Lipinski definition) is 2. The Balaban J connectivity index is 1.92. The first-order chi connectivity index (χ1) is 10.2. The molecule has 1 aromatic carbocycles. The standard InChI is InChI=1S/C15H19ClN2O4/c1-9-4-5-12(11(16)6-9)22-8-10(19)7-18-13(20)15(2,3)17-14(18)21/h4-6,10,19H,7-8H2,1-3H3,(H,17,21)/t10-/m0/s1. The van der Waals surface area contributed by atoms with Crippen molar-refractivity contribution in [2.24, 2.45) is 0 Å². The summed E-state index contributed by atoms with van der Waals surface area (Å²) in [4.78, 5) is 24.7. The lowest BCUT2D eigenvalue weighted by Gasteiger charge is -2.19. The van der Waals surface area contributed by atoms with Crippen LogP contribution in [0.15, 0.2) is 18.2 Å². The number of amides is 3. The molecule has 3 amide bonds. The molecular formula is C15H19ClN2O4. The number of carbonyl (C=O) groups is 2. The molecule has 1 aliphatic heterocycles. The summed E-state index contributed by atoms with van der Waals surface area (Å²) in [5.74, 6) is 0.0776. The van der Waals surface area contributed by atoms with Gasteiger partial charge in [0.05, 0.1) is 11.6 Å². The highest BCUT2D eigenvalue weighted by Crippen LogP contribution is 2.25. The first kappa shape index (κ1) is 16.6. The van der Waals surface area contributed by atoms with Crippen molar-refractivity contribution in [1.82, 2.24) is 10.2 Å². The number of aliphatic hydroxyl groups excluding tert-OH is 1. The predicted molar refractivity (Wildman–Crippen MR) is 82.0 cm³/mol. The minimum Gasteiger partial charge on any atom is -0.489 e. The molecule has 0 aliphatic carbocycles. The molecule has 7 heteroatoms. The second kappa shape index (κ2) is 6.14. The third-order valence-electron chi connectivity index (χ3n) is 3.36. The molecule has 0 bridgehead atoms. The molecule has 1 saturated heterocycles. The number of halogens is 1. The van der Waals surface area contributed by atoms with Crippen LogP contribution in [0.5, 0.6) is 5.75 Å². The lowest BCUT2D eigenvalue weighted by atomic mass is 10.1. The van der Waals surface area contributed by atoms with E-state index in [0.717, 1.165) is 10.5 Å². The number of hydrogen-bond acceptors (Lipinski definition) is 4. The Hall–Kier alpha value is -1.79. The Labute approximate surface area is 134 Å².